The Balaban J connectivity index is 1.80. The van der Waals surface area contributed by atoms with Gasteiger partial charge in [-0.05, 0) is 39.2 Å². The molecule has 5 aromatic carbocycles. The Labute approximate surface area is 156 Å². The molecule has 27 heavy (non-hydrogen) atoms. The van der Waals surface area contributed by atoms with Crippen LogP contribution in [-0.2, 0) is 0 Å². The van der Waals surface area contributed by atoms with Crippen molar-refractivity contribution in [2.24, 2.45) is 0 Å². The molecule has 0 saturated heterocycles. The second-order valence-electron chi connectivity index (χ2n) is 6.97. The maximum atomic E-state index is 6.30. The first kappa shape index (κ1) is 14.6. The van der Waals surface area contributed by atoms with E-state index in [1.165, 1.54) is 37.9 Å². The summed E-state index contributed by atoms with van der Waals surface area (Å²) in [5, 5.41) is 7.40. The third-order valence-electron chi connectivity index (χ3n) is 5.46. The summed E-state index contributed by atoms with van der Waals surface area (Å²) in [6, 6.07) is 34.2. The van der Waals surface area contributed by atoms with Crippen LogP contribution in [0.3, 0.4) is 0 Å². The zero-order chi connectivity index (χ0) is 17.8. The van der Waals surface area contributed by atoms with Gasteiger partial charge in [-0.25, -0.2) is 0 Å². The van der Waals surface area contributed by atoms with Gasteiger partial charge in [-0.15, -0.1) is 0 Å². The molecule has 6 aromatic rings. The van der Waals surface area contributed by atoms with Crippen LogP contribution in [0.25, 0.3) is 54.6 Å². The molecule has 0 radical (unpaired) electrons. The van der Waals surface area contributed by atoms with Crippen molar-refractivity contribution in [3.63, 3.8) is 0 Å². The molecule has 0 unspecified atom stereocenters. The zero-order valence-corrected chi connectivity index (χ0v) is 14.6. The van der Waals surface area contributed by atoms with Gasteiger partial charge in [0.2, 0.25) is 0 Å². The van der Waals surface area contributed by atoms with E-state index in [0.29, 0.717) is 0 Å². The van der Waals surface area contributed by atoms with E-state index in [1.54, 1.807) is 0 Å². The van der Waals surface area contributed by atoms with E-state index in [1.807, 2.05) is 12.1 Å². The lowest BCUT2D eigenvalue weighted by atomic mass is 9.92. The minimum atomic E-state index is 0.935. The average molecular weight is 344 g/mol. The molecule has 0 N–H and O–H groups in total. The van der Waals surface area contributed by atoms with E-state index in [-0.39, 0.29) is 0 Å². The fourth-order valence-electron chi connectivity index (χ4n) is 4.24. The van der Waals surface area contributed by atoms with E-state index < -0.39 is 0 Å². The summed E-state index contributed by atoms with van der Waals surface area (Å²) in [7, 11) is 0. The average Bonchev–Trinajstić information content (AvgIpc) is 3.12. The van der Waals surface area contributed by atoms with Crippen molar-refractivity contribution in [3.8, 4) is 11.1 Å². The van der Waals surface area contributed by atoms with Gasteiger partial charge in [0.15, 0.2) is 0 Å². The lowest BCUT2D eigenvalue weighted by Gasteiger charge is -2.11. The van der Waals surface area contributed by atoms with E-state index in [4.69, 9.17) is 4.42 Å². The lowest BCUT2D eigenvalue weighted by molar-refractivity contribution is 0.670. The minimum Gasteiger partial charge on any atom is -0.455 e. The van der Waals surface area contributed by atoms with Crippen LogP contribution in [0.15, 0.2) is 101 Å². The van der Waals surface area contributed by atoms with Crippen molar-refractivity contribution in [1.29, 1.82) is 0 Å². The third kappa shape index (κ3) is 2.06. The molecule has 0 saturated carbocycles. The van der Waals surface area contributed by atoms with Gasteiger partial charge in [0.25, 0.3) is 0 Å². The molecule has 1 nitrogen and oxygen atoms in total. The van der Waals surface area contributed by atoms with Gasteiger partial charge in [0, 0.05) is 16.3 Å². The van der Waals surface area contributed by atoms with Gasteiger partial charge in [0.1, 0.15) is 11.2 Å². The highest BCUT2D eigenvalue weighted by Gasteiger charge is 2.14. The van der Waals surface area contributed by atoms with Crippen molar-refractivity contribution in [2.45, 2.75) is 0 Å². The fraction of sp³-hybridized carbons (Fsp3) is 0. The highest BCUT2D eigenvalue weighted by molar-refractivity contribution is 6.17. The van der Waals surface area contributed by atoms with Crippen LogP contribution in [0.4, 0.5) is 0 Å². The molecule has 0 aliphatic rings. The summed E-state index contributed by atoms with van der Waals surface area (Å²) in [4.78, 5) is 0. The number of fused-ring (bicyclic) bond motifs is 6. The maximum Gasteiger partial charge on any atom is 0.143 e. The Kier molecular flexibility index (Phi) is 2.95. The van der Waals surface area contributed by atoms with Crippen molar-refractivity contribution in [3.05, 3.63) is 97.1 Å². The molecule has 0 spiro atoms. The topological polar surface area (TPSA) is 13.1 Å². The monoisotopic (exact) mass is 344 g/mol. The van der Waals surface area contributed by atoms with Crippen molar-refractivity contribution >= 4 is 43.5 Å². The molecule has 1 heteroatoms. The first-order valence-electron chi connectivity index (χ1n) is 9.21. The predicted octanol–water partition coefficient (Wildman–Crippen LogP) is 7.56. The number of hydrogen-bond acceptors (Lipinski definition) is 1. The molecule has 1 aromatic heterocycles. The molecule has 0 fully saturated rings. The Morgan fingerprint density at radius 1 is 0.444 bits per heavy atom. The second-order valence-corrected chi connectivity index (χ2v) is 6.97. The first-order valence-corrected chi connectivity index (χ1v) is 9.21. The highest BCUT2D eigenvalue weighted by atomic mass is 16.3. The van der Waals surface area contributed by atoms with Gasteiger partial charge in [-0.1, -0.05) is 84.9 Å². The SMILES string of the molecule is c1ccc2c(c1)cc(-c1cccc3c1oc1ccccc13)c1ccccc12. The molecule has 0 aliphatic heterocycles. The number of benzene rings is 5. The molecule has 126 valence electrons. The normalized spacial score (nSPS) is 11.7. The third-order valence-corrected chi connectivity index (χ3v) is 5.46. The van der Waals surface area contributed by atoms with Crippen LogP contribution in [0, 0.1) is 0 Å². The smallest absolute Gasteiger partial charge is 0.143 e. The summed E-state index contributed by atoms with van der Waals surface area (Å²) < 4.78 is 6.30. The summed E-state index contributed by atoms with van der Waals surface area (Å²) in [5.41, 5.74) is 4.25. The van der Waals surface area contributed by atoms with Crippen molar-refractivity contribution in [1.82, 2.24) is 0 Å². The van der Waals surface area contributed by atoms with Crippen LogP contribution >= 0.6 is 0 Å². The molecule has 1 heterocycles. The number of furan rings is 1. The van der Waals surface area contributed by atoms with Crippen molar-refractivity contribution < 1.29 is 4.42 Å². The van der Waals surface area contributed by atoms with Crippen LogP contribution in [0.5, 0.6) is 0 Å². The fourth-order valence-corrected chi connectivity index (χ4v) is 4.24. The van der Waals surface area contributed by atoms with Gasteiger partial charge in [-0.3, -0.25) is 0 Å². The van der Waals surface area contributed by atoms with Crippen LogP contribution in [-0.4, -0.2) is 0 Å². The number of hydrogen-bond donors (Lipinski definition) is 0. The largest absolute Gasteiger partial charge is 0.455 e. The quantitative estimate of drug-likeness (QED) is 0.280. The van der Waals surface area contributed by atoms with E-state index in [2.05, 4.69) is 84.9 Å². The van der Waals surface area contributed by atoms with Crippen molar-refractivity contribution in [2.75, 3.05) is 0 Å². The lowest BCUT2D eigenvalue weighted by Crippen LogP contribution is -1.85. The van der Waals surface area contributed by atoms with Crippen LogP contribution in [0.1, 0.15) is 0 Å². The molecule has 0 bridgehead atoms. The summed E-state index contributed by atoms with van der Waals surface area (Å²) >= 11 is 0. The number of rotatable bonds is 1. The Bertz CT molecular complexity index is 1470. The van der Waals surface area contributed by atoms with Gasteiger partial charge < -0.3 is 4.42 Å². The molecule has 0 aliphatic carbocycles. The highest BCUT2D eigenvalue weighted by Crippen LogP contribution is 2.40. The summed E-state index contributed by atoms with van der Waals surface area (Å²) in [6.07, 6.45) is 0. The first-order chi connectivity index (χ1) is 13.4. The minimum absolute atomic E-state index is 0.935. The molecular formula is C26H16O. The maximum absolute atomic E-state index is 6.30. The number of para-hydroxylation sites is 2. The van der Waals surface area contributed by atoms with Gasteiger partial charge >= 0.3 is 0 Å². The predicted molar refractivity (Wildman–Crippen MR) is 114 cm³/mol. The molecule has 6 rings (SSSR count). The summed E-state index contributed by atoms with van der Waals surface area (Å²) in [5.74, 6) is 0. The van der Waals surface area contributed by atoms with E-state index >= 15 is 0 Å². The van der Waals surface area contributed by atoms with Gasteiger partial charge in [-0.2, -0.15) is 0 Å². The van der Waals surface area contributed by atoms with Crippen LogP contribution < -0.4 is 0 Å². The Morgan fingerprint density at radius 3 is 2.00 bits per heavy atom. The van der Waals surface area contributed by atoms with Crippen LogP contribution in [0.2, 0.25) is 0 Å². The Morgan fingerprint density at radius 2 is 1.11 bits per heavy atom. The molecule has 0 amide bonds. The summed E-state index contributed by atoms with van der Waals surface area (Å²) in [6.45, 7) is 0. The molecular weight excluding hydrogens is 328 g/mol. The standard InChI is InChI=1S/C26H16O/c1-2-9-18-17(8-1)16-24(20-11-4-3-10-19(18)20)23-14-7-13-22-21-12-5-6-15-25(21)27-26(22)23/h1-16H. The van der Waals surface area contributed by atoms with E-state index in [0.717, 1.165) is 16.7 Å². The zero-order valence-electron chi connectivity index (χ0n) is 14.6. The molecule has 0 atom stereocenters. The second kappa shape index (κ2) is 5.46. The van der Waals surface area contributed by atoms with E-state index in [9.17, 15) is 0 Å². The van der Waals surface area contributed by atoms with Gasteiger partial charge in [0.05, 0.1) is 0 Å². The Hall–Kier alpha value is -3.58.